The van der Waals surface area contributed by atoms with Gasteiger partial charge in [-0.15, -0.1) is 0 Å². The van der Waals surface area contributed by atoms with Crippen molar-refractivity contribution in [2.75, 3.05) is 0 Å². The summed E-state index contributed by atoms with van der Waals surface area (Å²) < 4.78 is 5.87. The minimum atomic E-state index is -1.64. The molecule has 1 unspecified atom stereocenters. The van der Waals surface area contributed by atoms with Gasteiger partial charge in [-0.2, -0.15) is 0 Å². The van der Waals surface area contributed by atoms with Crippen LogP contribution in [0.3, 0.4) is 0 Å². The van der Waals surface area contributed by atoms with Crippen LogP contribution in [0.25, 0.3) is 0 Å². The highest BCUT2D eigenvalue weighted by Crippen LogP contribution is 2.52. The Bertz CT molecular complexity index is 851. The van der Waals surface area contributed by atoms with Crippen LogP contribution in [-0.4, -0.2) is 17.2 Å². The van der Waals surface area contributed by atoms with E-state index in [1.807, 2.05) is 32.0 Å². The zero-order valence-corrected chi connectivity index (χ0v) is 18.4. The third-order valence-corrected chi connectivity index (χ3v) is 7.95. The van der Waals surface area contributed by atoms with Gasteiger partial charge in [-0.25, -0.2) is 4.79 Å². The molecule has 3 nitrogen and oxygen atoms in total. The van der Waals surface area contributed by atoms with Crippen molar-refractivity contribution in [1.29, 1.82) is 0 Å². The molecule has 2 aromatic rings. The highest BCUT2D eigenvalue weighted by Gasteiger charge is 2.36. The lowest BCUT2D eigenvalue weighted by Gasteiger charge is -2.29. The molecule has 1 fully saturated rings. The van der Waals surface area contributed by atoms with Gasteiger partial charge in [0.05, 0.1) is 15.6 Å². The van der Waals surface area contributed by atoms with Gasteiger partial charge < -0.3 is 4.52 Å². The van der Waals surface area contributed by atoms with Crippen LogP contribution in [0.1, 0.15) is 63.9 Å². The van der Waals surface area contributed by atoms with Gasteiger partial charge in [0, 0.05) is 11.2 Å². The molecule has 0 saturated heterocycles. The first-order valence-electron chi connectivity index (χ1n) is 9.46. The molecule has 3 rings (SSSR count). The van der Waals surface area contributed by atoms with E-state index in [-0.39, 0.29) is 26.8 Å². The van der Waals surface area contributed by atoms with Gasteiger partial charge in [-0.05, 0) is 49.9 Å². The average Bonchev–Trinajstić information content (AvgIpc) is 2.66. The van der Waals surface area contributed by atoms with Crippen molar-refractivity contribution in [2.45, 2.75) is 51.6 Å². The van der Waals surface area contributed by atoms with E-state index in [9.17, 15) is 9.59 Å². The molecule has 148 valence electrons. The molecule has 6 heteroatoms. The molecule has 0 bridgehead atoms. The third kappa shape index (κ3) is 4.59. The SMILES string of the molecule is Cc1cccc(C)c1C(=O)P(OC(=O)c1c(Cl)cccc1Cl)C1CCCCC1. The number of aryl methyl sites for hydroxylation is 2. The molecule has 0 spiro atoms. The summed E-state index contributed by atoms with van der Waals surface area (Å²) in [5.41, 5.74) is 2.59. The van der Waals surface area contributed by atoms with Gasteiger partial charge in [0.15, 0.2) is 8.15 Å². The van der Waals surface area contributed by atoms with Crippen molar-refractivity contribution in [3.8, 4) is 0 Å². The van der Waals surface area contributed by atoms with Gasteiger partial charge in [0.1, 0.15) is 0 Å². The number of benzene rings is 2. The van der Waals surface area contributed by atoms with Crippen LogP contribution in [0, 0.1) is 13.8 Å². The summed E-state index contributed by atoms with van der Waals surface area (Å²) in [5.74, 6) is -0.619. The monoisotopic (exact) mass is 436 g/mol. The first kappa shape index (κ1) is 21.3. The number of carbonyl (C=O) groups is 2. The fraction of sp³-hybridized carbons (Fsp3) is 0.364. The molecule has 0 aliphatic heterocycles. The molecule has 1 saturated carbocycles. The van der Waals surface area contributed by atoms with Crippen molar-refractivity contribution in [3.63, 3.8) is 0 Å². The van der Waals surface area contributed by atoms with Crippen LogP contribution >= 0.6 is 31.4 Å². The lowest BCUT2D eigenvalue weighted by atomic mass is 10.0. The van der Waals surface area contributed by atoms with Gasteiger partial charge in [0.25, 0.3) is 0 Å². The largest absolute Gasteiger partial charge is 0.433 e. The lowest BCUT2D eigenvalue weighted by molar-refractivity contribution is 0.0741. The molecular weight excluding hydrogens is 414 g/mol. The lowest BCUT2D eigenvalue weighted by Crippen LogP contribution is -2.20. The van der Waals surface area contributed by atoms with E-state index in [1.54, 1.807) is 18.2 Å². The van der Waals surface area contributed by atoms with Crippen molar-refractivity contribution in [1.82, 2.24) is 0 Å². The molecule has 2 aromatic carbocycles. The van der Waals surface area contributed by atoms with Gasteiger partial charge >= 0.3 is 5.97 Å². The van der Waals surface area contributed by atoms with E-state index in [2.05, 4.69) is 0 Å². The van der Waals surface area contributed by atoms with Crippen LogP contribution in [-0.2, 0) is 4.52 Å². The first-order chi connectivity index (χ1) is 13.4. The van der Waals surface area contributed by atoms with Crippen LogP contribution in [0.4, 0.5) is 0 Å². The summed E-state index contributed by atoms with van der Waals surface area (Å²) in [6.45, 7) is 3.84. The zero-order chi connectivity index (χ0) is 20.3. The van der Waals surface area contributed by atoms with Crippen LogP contribution in [0.15, 0.2) is 36.4 Å². The Morgan fingerprint density at radius 1 is 0.893 bits per heavy atom. The van der Waals surface area contributed by atoms with E-state index in [0.717, 1.165) is 43.2 Å². The van der Waals surface area contributed by atoms with Crippen LogP contribution in [0.5, 0.6) is 0 Å². The van der Waals surface area contributed by atoms with E-state index >= 15 is 0 Å². The van der Waals surface area contributed by atoms with Gasteiger partial charge in [-0.1, -0.05) is 66.7 Å². The molecule has 0 aromatic heterocycles. The topological polar surface area (TPSA) is 43.4 Å². The molecule has 0 N–H and O–H groups in total. The number of hydrogen-bond donors (Lipinski definition) is 0. The van der Waals surface area contributed by atoms with E-state index in [1.165, 1.54) is 0 Å². The van der Waals surface area contributed by atoms with Crippen molar-refractivity contribution in [3.05, 3.63) is 68.7 Å². The Hall–Kier alpha value is -1.41. The van der Waals surface area contributed by atoms with E-state index in [0.29, 0.717) is 5.56 Å². The Balaban J connectivity index is 1.95. The fourth-order valence-corrected chi connectivity index (χ4v) is 6.48. The highest BCUT2D eigenvalue weighted by molar-refractivity contribution is 7.72. The van der Waals surface area contributed by atoms with Crippen molar-refractivity contribution >= 4 is 42.8 Å². The van der Waals surface area contributed by atoms with Gasteiger partial charge in [-0.3, -0.25) is 4.79 Å². The minimum absolute atomic E-state index is 0.0699. The summed E-state index contributed by atoms with van der Waals surface area (Å²) in [4.78, 5) is 26.4. The van der Waals surface area contributed by atoms with Gasteiger partial charge in [0.2, 0.25) is 5.52 Å². The number of rotatable bonds is 5. The summed E-state index contributed by atoms with van der Waals surface area (Å²) in [6, 6.07) is 10.6. The maximum Gasteiger partial charge on any atom is 0.344 e. The molecule has 1 aliphatic rings. The normalized spacial score (nSPS) is 15.9. The quantitative estimate of drug-likeness (QED) is 0.460. The maximum atomic E-state index is 13.5. The number of carbonyl (C=O) groups excluding carboxylic acids is 2. The Morgan fingerprint density at radius 2 is 1.43 bits per heavy atom. The highest BCUT2D eigenvalue weighted by atomic mass is 35.5. The Morgan fingerprint density at radius 3 is 2.00 bits per heavy atom. The first-order valence-corrected chi connectivity index (χ1v) is 11.5. The summed E-state index contributed by atoms with van der Waals surface area (Å²) >= 11 is 12.4. The van der Waals surface area contributed by atoms with E-state index in [4.69, 9.17) is 27.7 Å². The zero-order valence-electron chi connectivity index (χ0n) is 16.0. The molecule has 1 aliphatic carbocycles. The molecular formula is C22H23Cl2O3P. The molecule has 28 heavy (non-hydrogen) atoms. The van der Waals surface area contributed by atoms with Crippen LogP contribution in [0.2, 0.25) is 10.0 Å². The smallest absolute Gasteiger partial charge is 0.344 e. The molecule has 1 atom stereocenters. The second-order valence-corrected chi connectivity index (χ2v) is 9.95. The standard InChI is InChI=1S/C22H23Cl2O3P/c1-14-8-6-9-15(2)19(14)22(26)28(16-10-4-3-5-11-16)27-21(25)20-17(23)12-7-13-18(20)24/h6-9,12-13,16H,3-5,10-11H2,1-2H3. The third-order valence-electron chi connectivity index (χ3n) is 5.15. The van der Waals surface area contributed by atoms with Crippen molar-refractivity contribution in [2.24, 2.45) is 0 Å². The summed E-state index contributed by atoms with van der Waals surface area (Å²) in [6.07, 6.45) is 5.04. The molecule has 0 radical (unpaired) electrons. The second-order valence-electron chi connectivity index (χ2n) is 7.16. The van der Waals surface area contributed by atoms with Crippen LogP contribution < -0.4 is 0 Å². The predicted molar refractivity (Wildman–Crippen MR) is 116 cm³/mol. The van der Waals surface area contributed by atoms with E-state index < -0.39 is 14.1 Å². The second kappa shape index (κ2) is 9.39. The number of hydrogen-bond acceptors (Lipinski definition) is 3. The Labute approximate surface area is 177 Å². The predicted octanol–water partition coefficient (Wildman–Crippen LogP) is 7.34. The minimum Gasteiger partial charge on any atom is -0.433 e. The Kier molecular flexibility index (Phi) is 7.15. The fourth-order valence-electron chi connectivity index (χ4n) is 3.69. The molecule has 0 amide bonds. The molecule has 0 heterocycles. The van der Waals surface area contributed by atoms with Crippen molar-refractivity contribution < 1.29 is 14.1 Å². The summed E-state index contributed by atoms with van der Waals surface area (Å²) in [7, 11) is -1.64. The number of halogens is 2. The maximum absolute atomic E-state index is 13.5. The summed E-state index contributed by atoms with van der Waals surface area (Å²) in [5, 5.41) is 0.464. The average molecular weight is 437 g/mol.